The van der Waals surface area contributed by atoms with E-state index in [4.69, 9.17) is 0 Å². The highest BCUT2D eigenvalue weighted by atomic mass is 32.2. The number of thiophene rings is 1. The predicted molar refractivity (Wildman–Crippen MR) is 96.1 cm³/mol. The fourth-order valence-electron chi connectivity index (χ4n) is 2.38. The molecule has 0 amide bonds. The van der Waals surface area contributed by atoms with Crippen LogP contribution in [0.4, 0.5) is 0 Å². The average Bonchev–Trinajstić information content (AvgIpc) is 2.99. The third kappa shape index (κ3) is 2.87. The second-order valence-electron chi connectivity index (χ2n) is 5.08. The monoisotopic (exact) mass is 324 g/mol. The number of benzene rings is 2. The summed E-state index contributed by atoms with van der Waals surface area (Å²) < 4.78 is 1.07. The van der Waals surface area contributed by atoms with Crippen LogP contribution in [-0.4, -0.2) is 12.0 Å². The Morgan fingerprint density at radius 2 is 1.68 bits per heavy atom. The highest BCUT2D eigenvalue weighted by Gasteiger charge is 2.20. The quantitative estimate of drug-likeness (QED) is 0.454. The van der Waals surface area contributed by atoms with E-state index in [0.717, 1.165) is 32.0 Å². The fraction of sp³-hybridized carbons (Fsp3) is 0.105. The summed E-state index contributed by atoms with van der Waals surface area (Å²) in [5.74, 6) is 0.101. The van der Waals surface area contributed by atoms with Crippen LogP contribution in [0.1, 0.15) is 21.5 Å². The standard InChI is InChI=1S/C19H16OS2/c1-13-8-10-15(11-9-13)18(20)17-16(12-22-19(17)21-2)14-6-4-3-5-7-14/h3-12H,1-2H3. The van der Waals surface area contributed by atoms with E-state index in [1.807, 2.05) is 55.6 Å². The molecule has 0 N–H and O–H groups in total. The highest BCUT2D eigenvalue weighted by Crippen LogP contribution is 2.38. The van der Waals surface area contributed by atoms with Crippen molar-refractivity contribution in [1.82, 2.24) is 0 Å². The minimum atomic E-state index is 0.101. The molecule has 0 atom stereocenters. The van der Waals surface area contributed by atoms with Crippen LogP contribution < -0.4 is 0 Å². The molecule has 0 fully saturated rings. The van der Waals surface area contributed by atoms with Crippen LogP contribution in [0.15, 0.2) is 64.2 Å². The van der Waals surface area contributed by atoms with Gasteiger partial charge in [-0.3, -0.25) is 4.79 Å². The maximum absolute atomic E-state index is 13.0. The topological polar surface area (TPSA) is 17.1 Å². The summed E-state index contributed by atoms with van der Waals surface area (Å²) in [5.41, 5.74) is 4.86. The number of hydrogen-bond acceptors (Lipinski definition) is 3. The largest absolute Gasteiger partial charge is 0.289 e. The van der Waals surface area contributed by atoms with Gasteiger partial charge in [0.1, 0.15) is 0 Å². The summed E-state index contributed by atoms with van der Waals surface area (Å²) in [4.78, 5) is 13.0. The van der Waals surface area contributed by atoms with Gasteiger partial charge < -0.3 is 0 Å². The van der Waals surface area contributed by atoms with Gasteiger partial charge in [0.2, 0.25) is 0 Å². The number of ketones is 1. The van der Waals surface area contributed by atoms with Crippen molar-refractivity contribution in [2.24, 2.45) is 0 Å². The van der Waals surface area contributed by atoms with Crippen LogP contribution in [-0.2, 0) is 0 Å². The highest BCUT2D eigenvalue weighted by molar-refractivity contribution is 8.00. The van der Waals surface area contributed by atoms with Crippen LogP contribution in [0.3, 0.4) is 0 Å². The van der Waals surface area contributed by atoms with Crippen LogP contribution in [0.25, 0.3) is 11.1 Å². The van der Waals surface area contributed by atoms with Gasteiger partial charge in [-0.25, -0.2) is 0 Å². The van der Waals surface area contributed by atoms with Crippen molar-refractivity contribution in [3.05, 3.63) is 76.7 Å². The van der Waals surface area contributed by atoms with Gasteiger partial charge in [0.05, 0.1) is 9.77 Å². The van der Waals surface area contributed by atoms with E-state index in [9.17, 15) is 4.79 Å². The summed E-state index contributed by atoms with van der Waals surface area (Å²) in [5, 5.41) is 2.09. The lowest BCUT2D eigenvalue weighted by atomic mass is 9.97. The summed E-state index contributed by atoms with van der Waals surface area (Å²) in [6, 6.07) is 17.9. The Hall–Kier alpha value is -1.84. The van der Waals surface area contributed by atoms with Crippen molar-refractivity contribution < 1.29 is 4.79 Å². The lowest BCUT2D eigenvalue weighted by Crippen LogP contribution is -2.03. The molecule has 22 heavy (non-hydrogen) atoms. The number of carbonyl (C=O) groups excluding carboxylic acids is 1. The molecule has 3 aromatic rings. The third-order valence-electron chi connectivity index (χ3n) is 3.57. The molecular formula is C19H16OS2. The molecule has 1 aromatic heterocycles. The molecule has 0 bridgehead atoms. The molecule has 0 saturated carbocycles. The SMILES string of the molecule is CSc1scc(-c2ccccc2)c1C(=O)c1ccc(C)cc1. The number of rotatable bonds is 4. The summed E-state index contributed by atoms with van der Waals surface area (Å²) in [6.07, 6.45) is 2.02. The predicted octanol–water partition coefficient (Wildman–Crippen LogP) is 5.68. The molecule has 3 heteroatoms. The van der Waals surface area contributed by atoms with Crippen LogP contribution in [0, 0.1) is 6.92 Å². The molecule has 0 radical (unpaired) electrons. The van der Waals surface area contributed by atoms with Gasteiger partial charge in [-0.15, -0.1) is 23.1 Å². The number of thioether (sulfide) groups is 1. The van der Waals surface area contributed by atoms with E-state index in [2.05, 4.69) is 17.5 Å². The van der Waals surface area contributed by atoms with E-state index in [1.165, 1.54) is 0 Å². The summed E-state index contributed by atoms with van der Waals surface area (Å²) >= 11 is 3.27. The van der Waals surface area contributed by atoms with Crippen molar-refractivity contribution >= 4 is 28.9 Å². The van der Waals surface area contributed by atoms with Crippen LogP contribution >= 0.6 is 23.1 Å². The lowest BCUT2D eigenvalue weighted by molar-refractivity contribution is 0.103. The molecule has 110 valence electrons. The van der Waals surface area contributed by atoms with Crippen LogP contribution in [0.5, 0.6) is 0 Å². The van der Waals surface area contributed by atoms with Crippen molar-refractivity contribution in [2.75, 3.05) is 6.26 Å². The van der Waals surface area contributed by atoms with Gasteiger partial charge >= 0.3 is 0 Å². The Kier molecular flexibility index (Phi) is 4.46. The van der Waals surface area contributed by atoms with Gasteiger partial charge in [-0.05, 0) is 18.7 Å². The van der Waals surface area contributed by atoms with Crippen LogP contribution in [0.2, 0.25) is 0 Å². The normalized spacial score (nSPS) is 10.6. The van der Waals surface area contributed by atoms with E-state index in [0.29, 0.717) is 0 Å². The third-order valence-corrected chi connectivity index (χ3v) is 5.70. The molecule has 0 spiro atoms. The van der Waals surface area contributed by atoms with Crippen molar-refractivity contribution in [2.45, 2.75) is 11.1 Å². The molecule has 0 aliphatic carbocycles. The average molecular weight is 324 g/mol. The Morgan fingerprint density at radius 1 is 1.00 bits per heavy atom. The van der Waals surface area contributed by atoms with Crippen molar-refractivity contribution in [3.8, 4) is 11.1 Å². The molecule has 0 aliphatic heterocycles. The molecule has 1 heterocycles. The molecule has 0 aliphatic rings. The van der Waals surface area contributed by atoms with E-state index >= 15 is 0 Å². The Morgan fingerprint density at radius 3 is 2.32 bits per heavy atom. The summed E-state index contributed by atoms with van der Waals surface area (Å²) in [7, 11) is 0. The maximum atomic E-state index is 13.0. The summed E-state index contributed by atoms with van der Waals surface area (Å²) in [6.45, 7) is 2.03. The van der Waals surface area contributed by atoms with E-state index < -0.39 is 0 Å². The Labute approximate surface area is 139 Å². The molecule has 1 nitrogen and oxygen atoms in total. The second-order valence-corrected chi connectivity index (χ2v) is 7.03. The zero-order chi connectivity index (χ0) is 15.5. The molecule has 0 saturated heterocycles. The number of aryl methyl sites for hydroxylation is 1. The van der Waals surface area contributed by atoms with E-state index in [1.54, 1.807) is 23.1 Å². The van der Waals surface area contributed by atoms with Gasteiger partial charge in [-0.2, -0.15) is 0 Å². The zero-order valence-electron chi connectivity index (χ0n) is 12.5. The Bertz CT molecular complexity index is 786. The van der Waals surface area contributed by atoms with Gasteiger partial charge in [0.25, 0.3) is 0 Å². The second kappa shape index (κ2) is 6.51. The Balaban J connectivity index is 2.11. The van der Waals surface area contributed by atoms with Gasteiger partial charge in [0, 0.05) is 16.5 Å². The first-order chi connectivity index (χ1) is 10.7. The van der Waals surface area contributed by atoms with Gasteiger partial charge in [0.15, 0.2) is 5.78 Å². The fourth-order valence-corrected chi connectivity index (χ4v) is 4.12. The molecule has 0 unspecified atom stereocenters. The minimum absolute atomic E-state index is 0.101. The van der Waals surface area contributed by atoms with Crippen molar-refractivity contribution in [1.29, 1.82) is 0 Å². The maximum Gasteiger partial charge on any atom is 0.195 e. The smallest absolute Gasteiger partial charge is 0.195 e. The van der Waals surface area contributed by atoms with E-state index in [-0.39, 0.29) is 5.78 Å². The molecular weight excluding hydrogens is 308 g/mol. The zero-order valence-corrected chi connectivity index (χ0v) is 14.1. The first-order valence-electron chi connectivity index (χ1n) is 7.03. The minimum Gasteiger partial charge on any atom is -0.289 e. The van der Waals surface area contributed by atoms with Crippen molar-refractivity contribution in [3.63, 3.8) is 0 Å². The first kappa shape index (κ1) is 15.1. The number of carbonyl (C=O) groups is 1. The molecule has 2 aromatic carbocycles. The first-order valence-corrected chi connectivity index (χ1v) is 9.13. The lowest BCUT2D eigenvalue weighted by Gasteiger charge is -2.07. The molecule has 3 rings (SSSR count). The van der Waals surface area contributed by atoms with Gasteiger partial charge in [-0.1, -0.05) is 60.2 Å². The number of hydrogen-bond donors (Lipinski definition) is 0.